The summed E-state index contributed by atoms with van der Waals surface area (Å²) in [4.78, 5) is 23.6. The lowest BCUT2D eigenvalue weighted by atomic mass is 10.0. The predicted octanol–water partition coefficient (Wildman–Crippen LogP) is 4.00. The van der Waals surface area contributed by atoms with Crippen LogP contribution in [0, 0.1) is 6.92 Å². The molecule has 0 radical (unpaired) electrons. The van der Waals surface area contributed by atoms with Crippen LogP contribution in [-0.4, -0.2) is 18.5 Å². The van der Waals surface area contributed by atoms with E-state index in [1.807, 2.05) is 24.3 Å². The van der Waals surface area contributed by atoms with Crippen LogP contribution in [0.25, 0.3) is 21.7 Å². The summed E-state index contributed by atoms with van der Waals surface area (Å²) in [6, 6.07) is 9.07. The summed E-state index contributed by atoms with van der Waals surface area (Å²) in [6.45, 7) is 5.07. The molecule has 3 rings (SSSR count). The quantitative estimate of drug-likeness (QED) is 0.540. The molecule has 118 valence electrons. The molecule has 0 fully saturated rings. The molecule has 0 aliphatic rings. The number of carbonyl (C=O) groups excluding carboxylic acids is 2. The van der Waals surface area contributed by atoms with Crippen molar-refractivity contribution in [3.8, 4) is 5.75 Å². The zero-order valence-electron chi connectivity index (χ0n) is 13.1. The van der Waals surface area contributed by atoms with E-state index >= 15 is 0 Å². The Balaban J connectivity index is 2.36. The molecule has 1 heterocycles. The standard InChI is InChI=1S/C18H16O5/c1-4-21-18(20)16-10(2)22-17-13-8-6-5-7-12(13)15(9-14(16)17)23-11(3)19/h5-9H,4H2,1-3H3. The fourth-order valence-electron chi connectivity index (χ4n) is 2.70. The largest absolute Gasteiger partial charge is 0.462 e. The van der Waals surface area contributed by atoms with E-state index in [1.54, 1.807) is 19.9 Å². The van der Waals surface area contributed by atoms with Gasteiger partial charge in [-0.05, 0) is 19.9 Å². The highest BCUT2D eigenvalue weighted by Gasteiger charge is 2.22. The van der Waals surface area contributed by atoms with Crippen LogP contribution in [0.1, 0.15) is 30.0 Å². The van der Waals surface area contributed by atoms with Crippen molar-refractivity contribution in [2.75, 3.05) is 6.61 Å². The molecule has 0 atom stereocenters. The minimum absolute atomic E-state index is 0.273. The van der Waals surface area contributed by atoms with Crippen LogP contribution in [0.2, 0.25) is 0 Å². The lowest BCUT2D eigenvalue weighted by Gasteiger charge is -2.07. The zero-order chi connectivity index (χ0) is 16.6. The first-order chi connectivity index (χ1) is 11.0. The van der Waals surface area contributed by atoms with Gasteiger partial charge in [-0.1, -0.05) is 24.3 Å². The Labute approximate surface area is 132 Å². The van der Waals surface area contributed by atoms with E-state index in [1.165, 1.54) is 6.92 Å². The predicted molar refractivity (Wildman–Crippen MR) is 85.7 cm³/mol. The maximum Gasteiger partial charge on any atom is 0.342 e. The Morgan fingerprint density at radius 3 is 2.48 bits per heavy atom. The number of hydrogen-bond acceptors (Lipinski definition) is 5. The summed E-state index contributed by atoms with van der Waals surface area (Å²) in [5.74, 6) is -0.00395. The molecule has 0 N–H and O–H groups in total. The number of rotatable bonds is 3. The first-order valence-electron chi connectivity index (χ1n) is 7.33. The first-order valence-corrected chi connectivity index (χ1v) is 7.33. The molecule has 23 heavy (non-hydrogen) atoms. The Morgan fingerprint density at radius 1 is 1.13 bits per heavy atom. The molecule has 0 spiro atoms. The molecule has 2 aromatic carbocycles. The van der Waals surface area contributed by atoms with Crippen molar-refractivity contribution in [3.63, 3.8) is 0 Å². The summed E-state index contributed by atoms with van der Waals surface area (Å²) >= 11 is 0. The van der Waals surface area contributed by atoms with Gasteiger partial charge in [0.2, 0.25) is 0 Å². The molecule has 0 saturated heterocycles. The van der Waals surface area contributed by atoms with Crippen molar-refractivity contribution < 1.29 is 23.5 Å². The highest BCUT2D eigenvalue weighted by Crippen LogP contribution is 2.38. The van der Waals surface area contributed by atoms with Gasteiger partial charge >= 0.3 is 11.9 Å². The lowest BCUT2D eigenvalue weighted by Crippen LogP contribution is -2.06. The molecular weight excluding hydrogens is 296 g/mol. The maximum absolute atomic E-state index is 12.2. The van der Waals surface area contributed by atoms with Crippen LogP contribution in [-0.2, 0) is 9.53 Å². The van der Waals surface area contributed by atoms with Crippen LogP contribution >= 0.6 is 0 Å². The maximum atomic E-state index is 12.2. The van der Waals surface area contributed by atoms with Crippen molar-refractivity contribution in [2.45, 2.75) is 20.8 Å². The molecule has 0 amide bonds. The monoisotopic (exact) mass is 312 g/mol. The van der Waals surface area contributed by atoms with Gasteiger partial charge in [0.15, 0.2) is 0 Å². The average Bonchev–Trinajstić information content (AvgIpc) is 2.83. The second-order valence-electron chi connectivity index (χ2n) is 5.14. The van der Waals surface area contributed by atoms with E-state index in [9.17, 15) is 9.59 Å². The van der Waals surface area contributed by atoms with Gasteiger partial charge in [0.25, 0.3) is 0 Å². The molecule has 0 aliphatic heterocycles. The molecule has 5 heteroatoms. The molecule has 0 aliphatic carbocycles. The van der Waals surface area contributed by atoms with Crippen molar-refractivity contribution >= 4 is 33.7 Å². The number of carbonyl (C=O) groups is 2. The summed E-state index contributed by atoms with van der Waals surface area (Å²) in [6.07, 6.45) is 0. The molecule has 0 unspecified atom stereocenters. The van der Waals surface area contributed by atoms with E-state index in [0.29, 0.717) is 28.0 Å². The van der Waals surface area contributed by atoms with E-state index in [-0.39, 0.29) is 6.61 Å². The highest BCUT2D eigenvalue weighted by molar-refractivity contribution is 6.15. The van der Waals surface area contributed by atoms with Gasteiger partial charge in [0.05, 0.1) is 6.61 Å². The van der Waals surface area contributed by atoms with Gasteiger partial charge in [-0.2, -0.15) is 0 Å². The van der Waals surface area contributed by atoms with E-state index in [4.69, 9.17) is 13.9 Å². The van der Waals surface area contributed by atoms with Crippen molar-refractivity contribution in [2.24, 2.45) is 0 Å². The number of furan rings is 1. The van der Waals surface area contributed by atoms with Gasteiger partial charge < -0.3 is 13.9 Å². The van der Waals surface area contributed by atoms with Crippen LogP contribution in [0.5, 0.6) is 5.75 Å². The molecule has 0 bridgehead atoms. The lowest BCUT2D eigenvalue weighted by molar-refractivity contribution is -0.131. The summed E-state index contributed by atoms with van der Waals surface area (Å²) in [7, 11) is 0. The molecule has 5 nitrogen and oxygen atoms in total. The number of ether oxygens (including phenoxy) is 2. The molecule has 3 aromatic rings. The Hall–Kier alpha value is -2.82. The van der Waals surface area contributed by atoms with Crippen molar-refractivity contribution in [1.82, 2.24) is 0 Å². The van der Waals surface area contributed by atoms with Crippen molar-refractivity contribution in [3.05, 3.63) is 41.7 Å². The second-order valence-corrected chi connectivity index (χ2v) is 5.14. The fraction of sp³-hybridized carbons (Fsp3) is 0.222. The van der Waals surface area contributed by atoms with Crippen LogP contribution < -0.4 is 4.74 Å². The Kier molecular flexibility index (Phi) is 3.78. The minimum atomic E-state index is -0.451. The third-order valence-corrected chi connectivity index (χ3v) is 3.57. The highest BCUT2D eigenvalue weighted by atomic mass is 16.5. The van der Waals surface area contributed by atoms with E-state index < -0.39 is 11.9 Å². The van der Waals surface area contributed by atoms with Gasteiger partial charge in [-0.3, -0.25) is 4.79 Å². The van der Waals surface area contributed by atoms with Gasteiger partial charge in [-0.25, -0.2) is 4.79 Å². The normalized spacial score (nSPS) is 10.9. The number of esters is 2. The Bertz CT molecular complexity index is 920. The molecule has 0 saturated carbocycles. The third kappa shape index (κ3) is 2.54. The van der Waals surface area contributed by atoms with Crippen LogP contribution in [0.15, 0.2) is 34.7 Å². The van der Waals surface area contributed by atoms with Crippen molar-refractivity contribution in [1.29, 1.82) is 0 Å². The van der Waals surface area contributed by atoms with Gasteiger partial charge in [0, 0.05) is 23.1 Å². The summed E-state index contributed by atoms with van der Waals surface area (Å²) in [5.41, 5.74) is 0.943. The number of benzene rings is 2. The zero-order valence-corrected chi connectivity index (χ0v) is 13.1. The van der Waals surface area contributed by atoms with Crippen LogP contribution in [0.3, 0.4) is 0 Å². The van der Waals surface area contributed by atoms with Crippen LogP contribution in [0.4, 0.5) is 0 Å². The van der Waals surface area contributed by atoms with Gasteiger partial charge in [0.1, 0.15) is 22.7 Å². The SMILES string of the molecule is CCOC(=O)c1c(C)oc2c1cc(OC(C)=O)c1ccccc12. The fourth-order valence-corrected chi connectivity index (χ4v) is 2.70. The summed E-state index contributed by atoms with van der Waals surface area (Å²) < 4.78 is 16.2. The average molecular weight is 312 g/mol. The number of aryl methyl sites for hydroxylation is 1. The molecule has 1 aromatic heterocycles. The number of hydrogen-bond donors (Lipinski definition) is 0. The Morgan fingerprint density at radius 2 is 1.83 bits per heavy atom. The van der Waals surface area contributed by atoms with Gasteiger partial charge in [-0.15, -0.1) is 0 Å². The first kappa shape index (κ1) is 15.1. The smallest absolute Gasteiger partial charge is 0.342 e. The van der Waals surface area contributed by atoms with E-state index in [0.717, 1.165) is 10.8 Å². The third-order valence-electron chi connectivity index (χ3n) is 3.57. The number of fused-ring (bicyclic) bond motifs is 3. The summed E-state index contributed by atoms with van der Waals surface area (Å²) in [5, 5.41) is 2.11. The molecular formula is C18H16O5. The topological polar surface area (TPSA) is 65.7 Å². The minimum Gasteiger partial charge on any atom is -0.462 e. The van der Waals surface area contributed by atoms with E-state index in [2.05, 4.69) is 0 Å². The second kappa shape index (κ2) is 5.76.